The molecule has 0 amide bonds. The first kappa shape index (κ1) is 29.1. The topological polar surface area (TPSA) is 35.6 Å². The van der Waals surface area contributed by atoms with Crippen LogP contribution in [-0.2, 0) is 0 Å². The van der Waals surface area contributed by atoms with Gasteiger partial charge in [-0.05, 0) is 71.3 Å². The first-order valence-corrected chi connectivity index (χ1v) is 17.0. The molecule has 0 unspecified atom stereocenters. The van der Waals surface area contributed by atoms with Crippen molar-refractivity contribution in [1.82, 2.24) is 19.1 Å². The lowest BCUT2D eigenvalue weighted by molar-refractivity contribution is 0.632. The highest BCUT2D eigenvalue weighted by Gasteiger charge is 2.18. The Bertz CT molecular complexity index is 2880. The van der Waals surface area contributed by atoms with E-state index in [9.17, 15) is 0 Å². The molecular weight excluding hydrogens is 628 g/mol. The van der Waals surface area contributed by atoms with E-state index in [1.807, 2.05) is 72.9 Å². The Kier molecular flexibility index (Phi) is 6.64. The molecule has 0 N–H and O–H groups in total. The lowest BCUT2D eigenvalue weighted by Gasteiger charge is -2.11. The first-order chi connectivity index (χ1) is 25.2. The van der Waals surface area contributed by atoms with Gasteiger partial charge in [0.15, 0.2) is 0 Å². The molecule has 10 aromatic rings. The van der Waals surface area contributed by atoms with E-state index >= 15 is 4.39 Å². The Morgan fingerprint density at radius 3 is 1.73 bits per heavy atom. The molecule has 0 atom stereocenters. The molecule has 5 heteroatoms. The first-order valence-electron chi connectivity index (χ1n) is 17.0. The smallest absolute Gasteiger partial charge is 0.235 e. The number of rotatable bonds is 5. The maximum absolute atomic E-state index is 15.3. The minimum Gasteiger partial charge on any atom is -0.309 e. The predicted molar refractivity (Wildman–Crippen MR) is 207 cm³/mol. The van der Waals surface area contributed by atoms with E-state index < -0.39 is 0 Å². The van der Waals surface area contributed by atoms with Crippen LogP contribution in [0.1, 0.15) is 0 Å². The SMILES string of the molecule is Fc1cc(-c2cccc(-c3ccnc(-n4c5ccccc5c5cc(-n6c7ccccc7c7ccccc76)ccc54)n3)c2)ccc1-c1ccccc1. The molecule has 0 aliphatic heterocycles. The third-order valence-electron chi connectivity index (χ3n) is 9.88. The van der Waals surface area contributed by atoms with Crippen LogP contribution in [0, 0.1) is 5.82 Å². The highest BCUT2D eigenvalue weighted by Crippen LogP contribution is 2.37. The number of hydrogen-bond donors (Lipinski definition) is 0. The second kappa shape index (κ2) is 11.6. The van der Waals surface area contributed by atoms with Crippen molar-refractivity contribution in [1.29, 1.82) is 0 Å². The minimum atomic E-state index is -0.249. The lowest BCUT2D eigenvalue weighted by Crippen LogP contribution is -2.02. The molecule has 0 bridgehead atoms. The van der Waals surface area contributed by atoms with Gasteiger partial charge in [0.1, 0.15) is 5.82 Å². The highest BCUT2D eigenvalue weighted by atomic mass is 19.1. The van der Waals surface area contributed by atoms with Gasteiger partial charge in [-0.15, -0.1) is 0 Å². The maximum atomic E-state index is 15.3. The number of hydrogen-bond acceptors (Lipinski definition) is 2. The summed E-state index contributed by atoms with van der Waals surface area (Å²) < 4.78 is 19.8. The molecule has 0 aliphatic carbocycles. The van der Waals surface area contributed by atoms with Crippen LogP contribution in [0.3, 0.4) is 0 Å². The van der Waals surface area contributed by atoms with Crippen molar-refractivity contribution in [2.24, 2.45) is 0 Å². The van der Waals surface area contributed by atoms with Gasteiger partial charge in [0.2, 0.25) is 5.95 Å². The van der Waals surface area contributed by atoms with E-state index in [0.29, 0.717) is 11.5 Å². The fourth-order valence-electron chi connectivity index (χ4n) is 7.54. The van der Waals surface area contributed by atoms with Crippen LogP contribution in [0.15, 0.2) is 176 Å². The van der Waals surface area contributed by atoms with Crippen LogP contribution >= 0.6 is 0 Å². The average Bonchev–Trinajstić information content (AvgIpc) is 3.71. The summed E-state index contributed by atoms with van der Waals surface area (Å²) >= 11 is 0. The van der Waals surface area contributed by atoms with Crippen LogP contribution in [0.25, 0.3) is 88.8 Å². The van der Waals surface area contributed by atoms with Gasteiger partial charge < -0.3 is 4.57 Å². The summed E-state index contributed by atoms with van der Waals surface area (Å²) in [5.41, 5.74) is 10.4. The van der Waals surface area contributed by atoms with E-state index in [1.54, 1.807) is 6.07 Å². The van der Waals surface area contributed by atoms with Crippen molar-refractivity contribution in [3.8, 4) is 45.1 Å². The summed E-state index contributed by atoms with van der Waals surface area (Å²) in [4.78, 5) is 9.91. The van der Waals surface area contributed by atoms with Gasteiger partial charge in [0, 0.05) is 44.6 Å². The number of aromatic nitrogens is 4. The third-order valence-corrected chi connectivity index (χ3v) is 9.88. The van der Waals surface area contributed by atoms with Gasteiger partial charge in [-0.3, -0.25) is 4.57 Å². The Hall–Kier alpha value is -6.85. The number of para-hydroxylation sites is 3. The number of fused-ring (bicyclic) bond motifs is 6. The minimum absolute atomic E-state index is 0.249. The zero-order valence-corrected chi connectivity index (χ0v) is 27.4. The molecule has 0 saturated heterocycles. The van der Waals surface area contributed by atoms with Crippen molar-refractivity contribution in [3.05, 3.63) is 182 Å². The summed E-state index contributed by atoms with van der Waals surface area (Å²) in [6.07, 6.45) is 1.81. The number of benzene rings is 7. The summed E-state index contributed by atoms with van der Waals surface area (Å²) in [5, 5.41) is 4.73. The second-order valence-corrected chi connectivity index (χ2v) is 12.8. The van der Waals surface area contributed by atoms with Crippen LogP contribution in [0.4, 0.5) is 4.39 Å². The van der Waals surface area contributed by atoms with Crippen molar-refractivity contribution in [2.75, 3.05) is 0 Å². The van der Waals surface area contributed by atoms with E-state index in [4.69, 9.17) is 9.97 Å². The monoisotopic (exact) mass is 656 g/mol. The lowest BCUT2D eigenvalue weighted by atomic mass is 9.98. The molecule has 7 aromatic carbocycles. The Morgan fingerprint density at radius 2 is 1.00 bits per heavy atom. The molecule has 10 rings (SSSR count). The highest BCUT2D eigenvalue weighted by molar-refractivity contribution is 6.12. The van der Waals surface area contributed by atoms with Gasteiger partial charge in [0.25, 0.3) is 0 Å². The molecule has 0 saturated carbocycles. The molecule has 0 aliphatic rings. The second-order valence-electron chi connectivity index (χ2n) is 12.8. The van der Waals surface area contributed by atoms with Crippen molar-refractivity contribution in [3.63, 3.8) is 0 Å². The Balaban J connectivity index is 1.08. The van der Waals surface area contributed by atoms with Gasteiger partial charge in [-0.1, -0.05) is 115 Å². The number of nitrogens with zero attached hydrogens (tertiary/aromatic N) is 4. The van der Waals surface area contributed by atoms with Crippen LogP contribution < -0.4 is 0 Å². The van der Waals surface area contributed by atoms with Crippen LogP contribution in [0.5, 0.6) is 0 Å². The average molecular weight is 657 g/mol. The molecular formula is C46H29FN4. The fraction of sp³-hybridized carbons (Fsp3) is 0. The largest absolute Gasteiger partial charge is 0.309 e. The van der Waals surface area contributed by atoms with Crippen molar-refractivity contribution >= 4 is 43.6 Å². The molecule has 4 nitrogen and oxygen atoms in total. The van der Waals surface area contributed by atoms with E-state index in [2.05, 4.69) is 106 Å². The summed E-state index contributed by atoms with van der Waals surface area (Å²) in [7, 11) is 0. The maximum Gasteiger partial charge on any atom is 0.235 e. The fourth-order valence-corrected chi connectivity index (χ4v) is 7.54. The van der Waals surface area contributed by atoms with Crippen LogP contribution in [-0.4, -0.2) is 19.1 Å². The molecule has 240 valence electrons. The van der Waals surface area contributed by atoms with Gasteiger partial charge >= 0.3 is 0 Å². The predicted octanol–water partition coefficient (Wildman–Crippen LogP) is 11.8. The zero-order chi connectivity index (χ0) is 33.9. The molecule has 0 spiro atoms. The summed E-state index contributed by atoms with van der Waals surface area (Å²) in [5.74, 6) is 0.341. The van der Waals surface area contributed by atoms with Crippen molar-refractivity contribution < 1.29 is 4.39 Å². The standard InChI is InChI=1S/C46H29FN4/c47-40-28-32(21-23-35(40)30-11-2-1-3-12-30)31-13-10-14-33(27-31)41-25-26-48-46(49-41)51-44-20-9-6-17-38(44)39-29-34(22-24-45(39)51)50-42-18-7-4-15-36(42)37-16-5-8-19-43(37)50/h1-29H. The van der Waals surface area contributed by atoms with Gasteiger partial charge in [-0.25, -0.2) is 14.4 Å². The zero-order valence-electron chi connectivity index (χ0n) is 27.4. The summed E-state index contributed by atoms with van der Waals surface area (Å²) in [6, 6.07) is 57.3. The molecule has 51 heavy (non-hydrogen) atoms. The third kappa shape index (κ3) is 4.74. The summed E-state index contributed by atoms with van der Waals surface area (Å²) in [6.45, 7) is 0. The molecule has 0 radical (unpaired) electrons. The molecule has 0 fully saturated rings. The number of halogens is 1. The Labute approximate surface area is 293 Å². The van der Waals surface area contributed by atoms with E-state index in [0.717, 1.165) is 55.4 Å². The van der Waals surface area contributed by atoms with E-state index in [1.165, 1.54) is 21.8 Å². The quantitative estimate of drug-likeness (QED) is 0.185. The molecule has 3 aromatic heterocycles. The normalized spacial score (nSPS) is 11.6. The van der Waals surface area contributed by atoms with E-state index in [-0.39, 0.29) is 5.82 Å². The van der Waals surface area contributed by atoms with Crippen molar-refractivity contribution in [2.45, 2.75) is 0 Å². The molecule has 3 heterocycles. The van der Waals surface area contributed by atoms with Gasteiger partial charge in [-0.2, -0.15) is 0 Å². The van der Waals surface area contributed by atoms with Crippen LogP contribution in [0.2, 0.25) is 0 Å². The van der Waals surface area contributed by atoms with Gasteiger partial charge in [0.05, 0.1) is 27.8 Å². The Morgan fingerprint density at radius 1 is 0.412 bits per heavy atom.